The second-order valence-corrected chi connectivity index (χ2v) is 5.63. The summed E-state index contributed by atoms with van der Waals surface area (Å²) in [4.78, 5) is 12.3. The molecule has 1 aromatic carbocycles. The van der Waals surface area contributed by atoms with Crippen molar-refractivity contribution >= 4 is 5.91 Å². The smallest absolute Gasteiger partial charge is 0.255 e. The molecule has 0 radical (unpaired) electrons. The van der Waals surface area contributed by atoms with Crippen molar-refractivity contribution in [2.45, 2.75) is 39.8 Å². The number of nitrogens with one attached hydrogen (secondary N) is 1. The first-order valence-corrected chi connectivity index (χ1v) is 7.81. The molecule has 2 N–H and O–H groups in total. The summed E-state index contributed by atoms with van der Waals surface area (Å²) >= 11 is 0. The number of aromatic nitrogens is 2. The molecule has 0 aliphatic carbocycles. The summed E-state index contributed by atoms with van der Waals surface area (Å²) in [6.07, 6.45) is -0.588. The number of hydrogen-bond acceptors (Lipinski definition) is 3. The van der Waals surface area contributed by atoms with Crippen LogP contribution in [0.4, 0.5) is 8.78 Å². The Bertz CT molecular complexity index is 723. The maximum Gasteiger partial charge on any atom is 0.255 e. The Labute approximate surface area is 139 Å². The lowest BCUT2D eigenvalue weighted by Crippen LogP contribution is -2.30. The molecule has 1 amide bonds. The summed E-state index contributed by atoms with van der Waals surface area (Å²) in [7, 11) is 0. The molecule has 2 aromatic rings. The van der Waals surface area contributed by atoms with E-state index in [4.69, 9.17) is 0 Å². The lowest BCUT2D eigenvalue weighted by Gasteiger charge is -2.14. The molecule has 2 rings (SSSR count). The fourth-order valence-electron chi connectivity index (χ4n) is 2.66. The van der Waals surface area contributed by atoms with Gasteiger partial charge >= 0.3 is 0 Å². The molecule has 0 bridgehead atoms. The van der Waals surface area contributed by atoms with Crippen molar-refractivity contribution in [3.8, 4) is 0 Å². The molecule has 5 nitrogen and oxygen atoms in total. The third-order valence-corrected chi connectivity index (χ3v) is 3.83. The Balaban J connectivity index is 2.11. The van der Waals surface area contributed by atoms with Crippen molar-refractivity contribution < 1.29 is 18.7 Å². The molecule has 0 saturated carbocycles. The van der Waals surface area contributed by atoms with Crippen molar-refractivity contribution in [1.82, 2.24) is 15.1 Å². The number of nitrogens with zero attached hydrogens (tertiary/aromatic N) is 2. The Morgan fingerprint density at radius 2 is 1.96 bits per heavy atom. The van der Waals surface area contributed by atoms with Gasteiger partial charge in [-0.15, -0.1) is 0 Å². The fraction of sp³-hybridized carbons (Fsp3) is 0.412. The number of carbonyl (C=O) groups is 1. The third-order valence-electron chi connectivity index (χ3n) is 3.83. The van der Waals surface area contributed by atoms with E-state index < -0.39 is 29.2 Å². The Morgan fingerprint density at radius 3 is 2.54 bits per heavy atom. The highest BCUT2D eigenvalue weighted by atomic mass is 19.1. The van der Waals surface area contributed by atoms with Crippen LogP contribution in [-0.2, 0) is 6.54 Å². The molecule has 24 heavy (non-hydrogen) atoms. The second kappa shape index (κ2) is 7.53. The lowest BCUT2D eigenvalue weighted by molar-refractivity contribution is 0.0910. The number of aliphatic hydroxyl groups excluding tert-OH is 1. The summed E-state index contributed by atoms with van der Waals surface area (Å²) in [5.74, 6) is -2.12. The van der Waals surface area contributed by atoms with Crippen molar-refractivity contribution in [2.75, 3.05) is 6.54 Å². The van der Waals surface area contributed by atoms with E-state index in [1.54, 1.807) is 18.5 Å². The van der Waals surface area contributed by atoms with Crippen LogP contribution in [0, 0.1) is 25.5 Å². The summed E-state index contributed by atoms with van der Waals surface area (Å²) in [6.45, 7) is 5.92. The maximum absolute atomic E-state index is 13.6. The zero-order valence-corrected chi connectivity index (χ0v) is 13.9. The van der Waals surface area contributed by atoms with Crippen LogP contribution < -0.4 is 5.32 Å². The van der Waals surface area contributed by atoms with E-state index in [2.05, 4.69) is 10.4 Å². The van der Waals surface area contributed by atoms with Gasteiger partial charge in [0.1, 0.15) is 17.7 Å². The highest BCUT2D eigenvalue weighted by Gasteiger charge is 2.22. The van der Waals surface area contributed by atoms with E-state index >= 15 is 0 Å². The molecular weight excluding hydrogens is 316 g/mol. The predicted molar refractivity (Wildman–Crippen MR) is 85.6 cm³/mol. The van der Waals surface area contributed by atoms with E-state index in [1.165, 1.54) is 6.07 Å². The van der Waals surface area contributed by atoms with Gasteiger partial charge in [0.15, 0.2) is 0 Å². The highest BCUT2D eigenvalue weighted by Crippen LogP contribution is 2.20. The summed E-state index contributed by atoms with van der Waals surface area (Å²) in [5, 5.41) is 16.8. The monoisotopic (exact) mass is 337 g/mol. The molecule has 1 atom stereocenters. The number of halogens is 2. The second-order valence-electron chi connectivity index (χ2n) is 5.63. The highest BCUT2D eigenvalue weighted by molar-refractivity contribution is 5.96. The zero-order valence-electron chi connectivity index (χ0n) is 13.9. The molecule has 0 fully saturated rings. The van der Waals surface area contributed by atoms with Crippen LogP contribution in [0.3, 0.4) is 0 Å². The van der Waals surface area contributed by atoms with Gasteiger partial charge in [0, 0.05) is 18.8 Å². The number of benzene rings is 1. The molecular formula is C17H21F2N3O2. The first kappa shape index (κ1) is 18.1. The largest absolute Gasteiger partial charge is 0.386 e. The van der Waals surface area contributed by atoms with Crippen molar-refractivity contribution in [3.63, 3.8) is 0 Å². The van der Waals surface area contributed by atoms with Gasteiger partial charge in [0.05, 0.1) is 16.8 Å². The van der Waals surface area contributed by atoms with Crippen LogP contribution in [0.2, 0.25) is 0 Å². The van der Waals surface area contributed by atoms with Gasteiger partial charge in [-0.3, -0.25) is 9.48 Å². The third kappa shape index (κ3) is 3.62. The van der Waals surface area contributed by atoms with Crippen molar-refractivity contribution in [1.29, 1.82) is 0 Å². The van der Waals surface area contributed by atoms with Gasteiger partial charge in [-0.2, -0.15) is 5.10 Å². The standard InChI is InChI=1S/C17H21F2N3O2/c1-4-8-22-11(3)15(10(2)21-22)17(24)20-9-14(23)16-12(18)6-5-7-13(16)19/h5-7,14,23H,4,8-9H2,1-3H3,(H,20,24). The number of amides is 1. The van der Waals surface area contributed by atoms with Gasteiger partial charge in [0.2, 0.25) is 0 Å². The molecule has 0 aliphatic heterocycles. The first-order valence-electron chi connectivity index (χ1n) is 7.81. The number of hydrogen-bond donors (Lipinski definition) is 2. The summed E-state index contributed by atoms with van der Waals surface area (Å²) < 4.78 is 29.0. The van der Waals surface area contributed by atoms with Crippen LogP contribution in [0.1, 0.15) is 46.8 Å². The van der Waals surface area contributed by atoms with Gasteiger partial charge in [0.25, 0.3) is 5.91 Å². The van der Waals surface area contributed by atoms with E-state index in [-0.39, 0.29) is 6.54 Å². The quantitative estimate of drug-likeness (QED) is 0.851. The van der Waals surface area contributed by atoms with Crippen LogP contribution in [0.25, 0.3) is 0 Å². The molecule has 7 heteroatoms. The topological polar surface area (TPSA) is 67.2 Å². The SMILES string of the molecule is CCCn1nc(C)c(C(=O)NCC(O)c2c(F)cccc2F)c1C. The number of aliphatic hydroxyl groups is 1. The van der Waals surface area contributed by atoms with E-state index in [0.717, 1.165) is 24.2 Å². The van der Waals surface area contributed by atoms with Crippen molar-refractivity contribution in [3.05, 3.63) is 52.3 Å². The first-order chi connectivity index (χ1) is 11.4. The molecule has 1 unspecified atom stereocenters. The minimum Gasteiger partial charge on any atom is -0.386 e. The number of carbonyl (C=O) groups excluding carboxylic acids is 1. The summed E-state index contributed by atoms with van der Waals surface area (Å²) in [6, 6.07) is 3.34. The molecule has 130 valence electrons. The fourth-order valence-corrected chi connectivity index (χ4v) is 2.66. The molecule has 0 aliphatic rings. The molecule has 0 saturated heterocycles. The summed E-state index contributed by atoms with van der Waals surface area (Å²) in [5.41, 5.74) is 1.26. The Morgan fingerprint density at radius 1 is 1.33 bits per heavy atom. The normalized spacial score (nSPS) is 12.2. The van der Waals surface area contributed by atoms with E-state index in [9.17, 15) is 18.7 Å². The Kier molecular flexibility index (Phi) is 5.66. The van der Waals surface area contributed by atoms with Crippen LogP contribution >= 0.6 is 0 Å². The number of rotatable bonds is 6. The zero-order chi connectivity index (χ0) is 17.9. The van der Waals surface area contributed by atoms with Crippen molar-refractivity contribution in [2.24, 2.45) is 0 Å². The minimum atomic E-state index is -1.47. The van der Waals surface area contributed by atoms with Gasteiger partial charge in [-0.25, -0.2) is 8.78 Å². The van der Waals surface area contributed by atoms with Crippen LogP contribution in [0.5, 0.6) is 0 Å². The Hall–Kier alpha value is -2.28. The van der Waals surface area contributed by atoms with Crippen LogP contribution in [-0.4, -0.2) is 27.3 Å². The average molecular weight is 337 g/mol. The van der Waals surface area contributed by atoms with E-state index in [1.807, 2.05) is 6.92 Å². The molecule has 1 heterocycles. The van der Waals surface area contributed by atoms with Gasteiger partial charge < -0.3 is 10.4 Å². The predicted octanol–water partition coefficient (Wildman–Crippen LogP) is 2.65. The van der Waals surface area contributed by atoms with Gasteiger partial charge in [-0.1, -0.05) is 13.0 Å². The minimum absolute atomic E-state index is 0.297. The van der Waals surface area contributed by atoms with E-state index in [0.29, 0.717) is 17.8 Å². The van der Waals surface area contributed by atoms with Gasteiger partial charge in [-0.05, 0) is 32.4 Å². The van der Waals surface area contributed by atoms with Crippen LogP contribution in [0.15, 0.2) is 18.2 Å². The number of aryl methyl sites for hydroxylation is 2. The average Bonchev–Trinajstić information content (AvgIpc) is 2.79. The molecule has 0 spiro atoms. The maximum atomic E-state index is 13.6. The lowest BCUT2D eigenvalue weighted by atomic mass is 10.1. The molecule has 1 aromatic heterocycles.